The van der Waals surface area contributed by atoms with E-state index < -0.39 is 0 Å². The lowest BCUT2D eigenvalue weighted by Gasteiger charge is -2.22. The summed E-state index contributed by atoms with van der Waals surface area (Å²) >= 11 is 5.78. The molecule has 0 spiro atoms. The van der Waals surface area contributed by atoms with Crippen LogP contribution in [0.25, 0.3) is 0 Å². The molecular weight excluding hydrogens is 198 g/mol. The Morgan fingerprint density at radius 2 is 2.21 bits per heavy atom. The zero-order valence-electron chi connectivity index (χ0n) is 8.70. The zero-order valence-corrected chi connectivity index (χ0v) is 9.46. The molecule has 78 valence electrons. The molecule has 0 fully saturated rings. The number of halogens is 1. The molecule has 0 saturated heterocycles. The number of hydrogen-bond acceptors (Lipinski definition) is 3. The normalized spacial score (nSPS) is 10.2. The van der Waals surface area contributed by atoms with Gasteiger partial charge in [-0.3, -0.25) is 0 Å². The van der Waals surface area contributed by atoms with Crippen LogP contribution in [0.15, 0.2) is 12.3 Å². The topological polar surface area (TPSA) is 29.0 Å². The molecule has 14 heavy (non-hydrogen) atoms. The SMILES string of the molecule is CCCCN(CC)c1cnnc(Cl)c1. The predicted octanol–water partition coefficient (Wildman–Crippen LogP) is 2.76. The molecule has 0 aliphatic carbocycles. The number of rotatable bonds is 5. The second-order valence-corrected chi connectivity index (χ2v) is 3.56. The summed E-state index contributed by atoms with van der Waals surface area (Å²) in [5, 5.41) is 8.02. The molecule has 0 N–H and O–H groups in total. The number of nitrogens with zero attached hydrogens (tertiary/aromatic N) is 3. The minimum absolute atomic E-state index is 0.456. The Bertz CT molecular complexity index is 278. The lowest BCUT2D eigenvalue weighted by Crippen LogP contribution is -2.23. The van der Waals surface area contributed by atoms with Gasteiger partial charge in [-0.1, -0.05) is 24.9 Å². The summed E-state index contributed by atoms with van der Waals surface area (Å²) in [6, 6.07) is 1.85. The van der Waals surface area contributed by atoms with Gasteiger partial charge in [0.25, 0.3) is 0 Å². The Hall–Kier alpha value is -0.830. The first-order valence-corrected chi connectivity index (χ1v) is 5.39. The van der Waals surface area contributed by atoms with E-state index >= 15 is 0 Å². The van der Waals surface area contributed by atoms with Crippen molar-refractivity contribution in [1.82, 2.24) is 10.2 Å². The van der Waals surface area contributed by atoms with Gasteiger partial charge in [0.1, 0.15) is 0 Å². The maximum absolute atomic E-state index is 5.78. The highest BCUT2D eigenvalue weighted by Gasteiger charge is 2.04. The molecule has 0 radical (unpaired) electrons. The summed E-state index contributed by atoms with van der Waals surface area (Å²) in [4.78, 5) is 2.25. The maximum Gasteiger partial charge on any atom is 0.153 e. The number of aromatic nitrogens is 2. The van der Waals surface area contributed by atoms with Gasteiger partial charge in [-0.15, -0.1) is 5.10 Å². The summed E-state index contributed by atoms with van der Waals surface area (Å²) < 4.78 is 0. The molecule has 1 aromatic rings. The standard InChI is InChI=1S/C10H16ClN3/c1-3-5-6-14(4-2)9-7-10(11)13-12-8-9/h7-8H,3-6H2,1-2H3. The van der Waals surface area contributed by atoms with Crippen LogP contribution >= 0.6 is 11.6 Å². The van der Waals surface area contributed by atoms with Crippen molar-refractivity contribution in [1.29, 1.82) is 0 Å². The van der Waals surface area contributed by atoms with E-state index in [0.717, 1.165) is 18.8 Å². The lowest BCUT2D eigenvalue weighted by molar-refractivity contribution is 0.729. The van der Waals surface area contributed by atoms with E-state index in [1.807, 2.05) is 6.07 Å². The minimum atomic E-state index is 0.456. The number of anilines is 1. The Labute approximate surface area is 90.1 Å². The van der Waals surface area contributed by atoms with Crippen LogP contribution in [0.3, 0.4) is 0 Å². The van der Waals surface area contributed by atoms with Gasteiger partial charge in [0.05, 0.1) is 11.9 Å². The third-order valence-corrected chi connectivity index (χ3v) is 2.32. The molecule has 0 aliphatic heterocycles. The van der Waals surface area contributed by atoms with Gasteiger partial charge in [-0.25, -0.2) is 0 Å². The van der Waals surface area contributed by atoms with Crippen molar-refractivity contribution in [3.8, 4) is 0 Å². The summed E-state index contributed by atoms with van der Waals surface area (Å²) in [5.74, 6) is 0. The van der Waals surface area contributed by atoms with E-state index in [1.165, 1.54) is 12.8 Å². The minimum Gasteiger partial charge on any atom is -0.370 e. The Kier molecular flexibility index (Phi) is 4.66. The van der Waals surface area contributed by atoms with Crippen LogP contribution in [0.1, 0.15) is 26.7 Å². The molecular formula is C10H16ClN3. The zero-order chi connectivity index (χ0) is 10.4. The van der Waals surface area contributed by atoms with Crippen LogP contribution in [-0.2, 0) is 0 Å². The summed E-state index contributed by atoms with van der Waals surface area (Å²) in [6.45, 7) is 6.34. The van der Waals surface area contributed by atoms with E-state index in [9.17, 15) is 0 Å². The molecule has 0 unspecified atom stereocenters. The van der Waals surface area contributed by atoms with Crippen molar-refractivity contribution in [2.24, 2.45) is 0 Å². The number of hydrogen-bond donors (Lipinski definition) is 0. The molecule has 0 aromatic carbocycles. The molecule has 0 aliphatic rings. The van der Waals surface area contributed by atoms with Crippen LogP contribution in [-0.4, -0.2) is 23.3 Å². The van der Waals surface area contributed by atoms with Crippen LogP contribution in [0, 0.1) is 0 Å². The van der Waals surface area contributed by atoms with Gasteiger partial charge < -0.3 is 4.90 Å². The van der Waals surface area contributed by atoms with Gasteiger partial charge in [-0.05, 0) is 13.3 Å². The van der Waals surface area contributed by atoms with Crippen molar-refractivity contribution in [3.63, 3.8) is 0 Å². The van der Waals surface area contributed by atoms with E-state index in [1.54, 1.807) is 6.20 Å². The first-order valence-electron chi connectivity index (χ1n) is 5.01. The largest absolute Gasteiger partial charge is 0.370 e. The molecule has 4 heteroatoms. The Balaban J connectivity index is 2.68. The van der Waals surface area contributed by atoms with Crippen LogP contribution < -0.4 is 4.90 Å². The molecule has 0 bridgehead atoms. The molecule has 1 aromatic heterocycles. The number of unbranched alkanes of at least 4 members (excludes halogenated alkanes) is 1. The van der Waals surface area contributed by atoms with Gasteiger partial charge in [0.15, 0.2) is 5.15 Å². The van der Waals surface area contributed by atoms with Gasteiger partial charge in [0.2, 0.25) is 0 Å². The Morgan fingerprint density at radius 3 is 2.79 bits per heavy atom. The van der Waals surface area contributed by atoms with Crippen LogP contribution in [0.2, 0.25) is 5.15 Å². The van der Waals surface area contributed by atoms with Crippen molar-refractivity contribution in [2.75, 3.05) is 18.0 Å². The van der Waals surface area contributed by atoms with Gasteiger partial charge in [0, 0.05) is 19.2 Å². The third kappa shape index (κ3) is 3.14. The van der Waals surface area contributed by atoms with Crippen molar-refractivity contribution in [2.45, 2.75) is 26.7 Å². The molecule has 1 rings (SSSR count). The maximum atomic E-state index is 5.78. The predicted molar refractivity (Wildman–Crippen MR) is 59.8 cm³/mol. The summed E-state index contributed by atoms with van der Waals surface area (Å²) in [6.07, 6.45) is 4.14. The summed E-state index contributed by atoms with van der Waals surface area (Å²) in [5.41, 5.74) is 1.06. The van der Waals surface area contributed by atoms with Crippen molar-refractivity contribution >= 4 is 17.3 Å². The van der Waals surface area contributed by atoms with Crippen LogP contribution in [0.5, 0.6) is 0 Å². The van der Waals surface area contributed by atoms with Gasteiger partial charge >= 0.3 is 0 Å². The van der Waals surface area contributed by atoms with E-state index in [-0.39, 0.29) is 0 Å². The summed E-state index contributed by atoms with van der Waals surface area (Å²) in [7, 11) is 0. The first kappa shape index (κ1) is 11.2. The van der Waals surface area contributed by atoms with Crippen LogP contribution in [0.4, 0.5) is 5.69 Å². The molecule has 0 atom stereocenters. The lowest BCUT2D eigenvalue weighted by atomic mass is 10.3. The van der Waals surface area contributed by atoms with Gasteiger partial charge in [-0.2, -0.15) is 5.10 Å². The molecule has 0 saturated carbocycles. The fourth-order valence-corrected chi connectivity index (χ4v) is 1.48. The monoisotopic (exact) mass is 213 g/mol. The van der Waals surface area contributed by atoms with E-state index in [4.69, 9.17) is 11.6 Å². The smallest absolute Gasteiger partial charge is 0.153 e. The van der Waals surface area contributed by atoms with E-state index in [2.05, 4.69) is 28.9 Å². The quantitative estimate of drug-likeness (QED) is 0.753. The average Bonchev–Trinajstić information content (AvgIpc) is 2.19. The van der Waals surface area contributed by atoms with Crippen molar-refractivity contribution in [3.05, 3.63) is 17.4 Å². The highest BCUT2D eigenvalue weighted by atomic mass is 35.5. The highest BCUT2D eigenvalue weighted by Crippen LogP contribution is 2.16. The van der Waals surface area contributed by atoms with E-state index in [0.29, 0.717) is 5.15 Å². The molecule has 3 nitrogen and oxygen atoms in total. The third-order valence-electron chi connectivity index (χ3n) is 2.14. The average molecular weight is 214 g/mol. The fraction of sp³-hybridized carbons (Fsp3) is 0.600. The first-order chi connectivity index (χ1) is 6.77. The highest BCUT2D eigenvalue weighted by molar-refractivity contribution is 6.29. The second kappa shape index (κ2) is 5.81. The van der Waals surface area contributed by atoms with Crippen molar-refractivity contribution < 1.29 is 0 Å². The fourth-order valence-electron chi connectivity index (χ4n) is 1.32. The Morgan fingerprint density at radius 1 is 1.43 bits per heavy atom. The second-order valence-electron chi connectivity index (χ2n) is 3.17. The molecule has 1 heterocycles. The molecule has 0 amide bonds.